The molecule has 2 aromatic heterocycles. The van der Waals surface area contributed by atoms with Crippen molar-refractivity contribution in [3.63, 3.8) is 0 Å². The number of rotatable bonds is 3. The summed E-state index contributed by atoms with van der Waals surface area (Å²) in [6.45, 7) is 1.88. The van der Waals surface area contributed by atoms with Crippen molar-refractivity contribution in [2.24, 2.45) is 5.84 Å². The van der Waals surface area contributed by atoms with Crippen LogP contribution < -0.4 is 11.3 Å². The average Bonchev–Trinajstić information content (AvgIpc) is 2.67. The van der Waals surface area contributed by atoms with E-state index in [9.17, 15) is 4.39 Å². The second-order valence-corrected chi connectivity index (χ2v) is 4.94. The Morgan fingerprint density at radius 3 is 2.94 bits per heavy atom. The molecule has 3 N–H and O–H groups in total. The lowest BCUT2D eigenvalue weighted by Gasteiger charge is -2.01. The van der Waals surface area contributed by atoms with E-state index in [2.05, 4.69) is 20.4 Å². The molecule has 5 nitrogen and oxygen atoms in total. The number of hydrogen-bond acceptors (Lipinski definition) is 7. The zero-order valence-electron chi connectivity index (χ0n) is 8.27. The molecule has 0 atom stereocenters. The molecule has 0 amide bonds. The van der Waals surface area contributed by atoms with Gasteiger partial charge < -0.3 is 0 Å². The predicted octanol–water partition coefficient (Wildman–Crippen LogP) is 1.82. The van der Waals surface area contributed by atoms with Crippen LogP contribution in [-0.4, -0.2) is 15.0 Å². The predicted molar refractivity (Wildman–Crippen MR) is 60.8 cm³/mol. The minimum Gasteiger partial charge on any atom is -0.292 e. The molecular weight excluding hydrogens is 249 g/mol. The van der Waals surface area contributed by atoms with E-state index < -0.39 is 5.82 Å². The molecule has 0 aliphatic heterocycles. The van der Waals surface area contributed by atoms with Gasteiger partial charge in [-0.2, -0.15) is 0 Å². The van der Waals surface area contributed by atoms with Crippen LogP contribution in [0, 0.1) is 12.7 Å². The third-order valence-corrected chi connectivity index (χ3v) is 3.66. The van der Waals surface area contributed by atoms with Gasteiger partial charge in [-0.3, -0.25) is 5.43 Å². The van der Waals surface area contributed by atoms with E-state index in [1.54, 1.807) is 0 Å². The van der Waals surface area contributed by atoms with Crippen LogP contribution >= 0.6 is 23.1 Å². The van der Waals surface area contributed by atoms with Crippen molar-refractivity contribution in [3.05, 3.63) is 23.1 Å². The Morgan fingerprint density at radius 1 is 1.50 bits per heavy atom. The van der Waals surface area contributed by atoms with Gasteiger partial charge in [-0.15, -0.1) is 11.3 Å². The van der Waals surface area contributed by atoms with Crippen LogP contribution in [0.5, 0.6) is 0 Å². The molecule has 0 saturated heterocycles. The number of hydrazine groups is 1. The number of aromatic nitrogens is 3. The summed E-state index contributed by atoms with van der Waals surface area (Å²) in [6, 6.07) is 0. The smallest absolute Gasteiger partial charge is 0.238 e. The van der Waals surface area contributed by atoms with Gasteiger partial charge >= 0.3 is 0 Å². The van der Waals surface area contributed by atoms with Crippen molar-refractivity contribution in [1.82, 2.24) is 15.0 Å². The van der Waals surface area contributed by atoms with E-state index >= 15 is 0 Å². The van der Waals surface area contributed by atoms with Gasteiger partial charge in [0.15, 0.2) is 10.2 Å². The van der Waals surface area contributed by atoms with Gasteiger partial charge in [0, 0.05) is 11.1 Å². The van der Waals surface area contributed by atoms with Gasteiger partial charge in [-0.25, -0.2) is 25.2 Å². The van der Waals surface area contributed by atoms with Crippen LogP contribution in [0.4, 0.5) is 10.3 Å². The minimum absolute atomic E-state index is 0.178. The first-order valence-corrected chi connectivity index (χ1v) is 5.98. The number of aryl methyl sites for hydroxylation is 1. The lowest BCUT2D eigenvalue weighted by Crippen LogP contribution is -2.11. The summed E-state index contributed by atoms with van der Waals surface area (Å²) in [5.74, 6) is 4.84. The molecule has 2 rings (SSSR count). The Morgan fingerprint density at radius 2 is 2.31 bits per heavy atom. The highest BCUT2D eigenvalue weighted by atomic mass is 32.2. The van der Waals surface area contributed by atoms with E-state index in [1.165, 1.54) is 11.3 Å². The number of hydrogen-bond donors (Lipinski definition) is 2. The zero-order valence-corrected chi connectivity index (χ0v) is 9.90. The standard InChI is InChI=1S/C8H8FN5S2/c1-4-3-15-8(12-4)16-6-5(9)2-11-7(13-6)14-10/h2-3H,10H2,1H3,(H,11,13,14). The fourth-order valence-corrected chi connectivity index (χ4v) is 2.69. The van der Waals surface area contributed by atoms with Crippen molar-refractivity contribution < 1.29 is 4.39 Å². The second-order valence-electron chi connectivity index (χ2n) is 2.85. The van der Waals surface area contributed by atoms with Gasteiger partial charge in [-0.1, -0.05) is 0 Å². The molecule has 0 bridgehead atoms. The zero-order chi connectivity index (χ0) is 11.5. The summed E-state index contributed by atoms with van der Waals surface area (Å²) in [6.07, 6.45) is 1.07. The third-order valence-electron chi connectivity index (χ3n) is 1.62. The van der Waals surface area contributed by atoms with Crippen LogP contribution in [0.1, 0.15) is 5.69 Å². The third kappa shape index (κ3) is 2.46. The molecule has 2 aromatic rings. The number of nitrogens with zero attached hydrogens (tertiary/aromatic N) is 3. The summed E-state index contributed by atoms with van der Waals surface area (Å²) in [5, 5.41) is 2.10. The molecule has 8 heteroatoms. The van der Waals surface area contributed by atoms with Gasteiger partial charge in [0.25, 0.3) is 0 Å². The molecule has 0 aliphatic carbocycles. The molecule has 0 radical (unpaired) electrons. The molecule has 0 aliphatic rings. The molecule has 84 valence electrons. The van der Waals surface area contributed by atoms with Crippen LogP contribution in [0.3, 0.4) is 0 Å². The highest BCUT2D eigenvalue weighted by Crippen LogP contribution is 2.30. The molecule has 0 saturated carbocycles. The van der Waals surface area contributed by atoms with Gasteiger partial charge in [0.2, 0.25) is 5.95 Å². The van der Waals surface area contributed by atoms with Crippen molar-refractivity contribution in [3.8, 4) is 0 Å². The number of nitrogens with one attached hydrogen (secondary N) is 1. The van der Waals surface area contributed by atoms with Crippen molar-refractivity contribution in [2.75, 3.05) is 5.43 Å². The first-order chi connectivity index (χ1) is 7.69. The van der Waals surface area contributed by atoms with E-state index in [4.69, 9.17) is 5.84 Å². The summed E-state index contributed by atoms with van der Waals surface area (Å²) >= 11 is 2.59. The van der Waals surface area contributed by atoms with E-state index in [-0.39, 0.29) is 11.0 Å². The number of nitrogen functional groups attached to an aromatic ring is 1. The largest absolute Gasteiger partial charge is 0.292 e. The maximum atomic E-state index is 13.4. The fraction of sp³-hybridized carbons (Fsp3) is 0.125. The Kier molecular flexibility index (Phi) is 3.32. The number of halogens is 1. The maximum absolute atomic E-state index is 13.4. The van der Waals surface area contributed by atoms with Crippen LogP contribution in [0.15, 0.2) is 20.9 Å². The lowest BCUT2D eigenvalue weighted by molar-refractivity contribution is 0.580. The molecule has 0 unspecified atom stereocenters. The Bertz CT molecular complexity index is 501. The summed E-state index contributed by atoms with van der Waals surface area (Å²) < 4.78 is 14.1. The van der Waals surface area contributed by atoms with Gasteiger partial charge in [-0.05, 0) is 18.7 Å². The highest BCUT2D eigenvalue weighted by molar-refractivity contribution is 8.01. The van der Waals surface area contributed by atoms with Crippen LogP contribution in [0.2, 0.25) is 0 Å². The van der Waals surface area contributed by atoms with E-state index in [1.807, 2.05) is 12.3 Å². The quantitative estimate of drug-likeness (QED) is 0.496. The minimum atomic E-state index is -0.489. The fourth-order valence-electron chi connectivity index (χ4n) is 0.955. The number of anilines is 1. The molecule has 0 spiro atoms. The molecule has 2 heterocycles. The average molecular weight is 257 g/mol. The first kappa shape index (κ1) is 11.2. The van der Waals surface area contributed by atoms with E-state index in [0.29, 0.717) is 0 Å². The van der Waals surface area contributed by atoms with Crippen LogP contribution in [0.25, 0.3) is 0 Å². The Hall–Kier alpha value is -1.25. The summed E-state index contributed by atoms with van der Waals surface area (Å²) in [7, 11) is 0. The number of nitrogens with two attached hydrogens (primary N) is 1. The Balaban J connectivity index is 2.26. The highest BCUT2D eigenvalue weighted by Gasteiger charge is 2.10. The number of thiazole rings is 1. The van der Waals surface area contributed by atoms with Gasteiger partial charge in [0.1, 0.15) is 5.03 Å². The summed E-state index contributed by atoms with van der Waals surface area (Å²) in [5.41, 5.74) is 3.17. The molecule has 16 heavy (non-hydrogen) atoms. The first-order valence-electron chi connectivity index (χ1n) is 4.28. The normalized spacial score (nSPS) is 10.4. The Labute approximate surface area is 99.3 Å². The van der Waals surface area contributed by atoms with E-state index in [0.717, 1.165) is 28.0 Å². The molecule has 0 aromatic carbocycles. The van der Waals surface area contributed by atoms with Crippen molar-refractivity contribution >= 4 is 29.0 Å². The van der Waals surface area contributed by atoms with Gasteiger partial charge in [0.05, 0.1) is 6.20 Å². The van der Waals surface area contributed by atoms with Crippen molar-refractivity contribution in [1.29, 1.82) is 0 Å². The van der Waals surface area contributed by atoms with Crippen molar-refractivity contribution in [2.45, 2.75) is 16.3 Å². The molecular formula is C8H8FN5S2. The second kappa shape index (κ2) is 4.73. The molecule has 0 fully saturated rings. The van der Waals surface area contributed by atoms with Crippen LogP contribution in [-0.2, 0) is 0 Å². The maximum Gasteiger partial charge on any atom is 0.238 e. The summed E-state index contributed by atoms with van der Waals surface area (Å²) in [4.78, 5) is 11.8. The monoisotopic (exact) mass is 257 g/mol. The lowest BCUT2D eigenvalue weighted by atomic mass is 10.6. The SMILES string of the molecule is Cc1csc(Sc2nc(NN)ncc2F)n1. The topological polar surface area (TPSA) is 76.7 Å².